The van der Waals surface area contributed by atoms with Gasteiger partial charge in [-0.1, -0.05) is 67.6 Å². The topological polar surface area (TPSA) is 58.6 Å². The number of carbonyl (C=O) groups is 1. The van der Waals surface area contributed by atoms with Crippen LogP contribution < -0.4 is 4.90 Å². The molecule has 2 aromatic carbocycles. The number of amides is 1. The summed E-state index contributed by atoms with van der Waals surface area (Å²) < 4.78 is 5.73. The second-order valence-electron chi connectivity index (χ2n) is 9.38. The van der Waals surface area contributed by atoms with Crippen molar-refractivity contribution in [2.75, 3.05) is 31.1 Å². The lowest BCUT2D eigenvalue weighted by Crippen LogP contribution is -2.41. The van der Waals surface area contributed by atoms with Gasteiger partial charge in [-0.25, -0.2) is 9.97 Å². The molecule has 0 bridgehead atoms. The van der Waals surface area contributed by atoms with Gasteiger partial charge in [0.1, 0.15) is 12.4 Å². The Bertz CT molecular complexity index is 1110. The minimum absolute atomic E-state index is 0.0203. The van der Waals surface area contributed by atoms with Gasteiger partial charge < -0.3 is 14.5 Å². The van der Waals surface area contributed by atoms with Gasteiger partial charge in [0.05, 0.1) is 18.8 Å². The lowest BCUT2D eigenvalue weighted by molar-refractivity contribution is -0.137. The molecule has 3 aromatic rings. The van der Waals surface area contributed by atoms with E-state index in [4.69, 9.17) is 14.7 Å². The second-order valence-corrected chi connectivity index (χ2v) is 9.38. The van der Waals surface area contributed by atoms with Gasteiger partial charge in [-0.2, -0.15) is 0 Å². The molecule has 1 fully saturated rings. The van der Waals surface area contributed by atoms with Crippen LogP contribution >= 0.6 is 0 Å². The minimum Gasteiger partial charge on any atom is -0.367 e. The van der Waals surface area contributed by atoms with Gasteiger partial charge >= 0.3 is 0 Å². The van der Waals surface area contributed by atoms with Gasteiger partial charge in [0, 0.05) is 37.2 Å². The molecule has 176 valence electrons. The van der Waals surface area contributed by atoms with Crippen LogP contribution in [0.15, 0.2) is 60.7 Å². The number of fused-ring (bicyclic) bond motifs is 1. The number of rotatable bonds is 6. The first kappa shape index (κ1) is 22.5. The Morgan fingerprint density at radius 1 is 0.971 bits per heavy atom. The average Bonchev–Trinajstić information content (AvgIpc) is 2.89. The molecule has 3 heterocycles. The molecule has 0 N–H and O–H groups in total. The van der Waals surface area contributed by atoms with E-state index in [0.717, 1.165) is 72.3 Å². The molecule has 6 nitrogen and oxygen atoms in total. The van der Waals surface area contributed by atoms with E-state index < -0.39 is 0 Å². The summed E-state index contributed by atoms with van der Waals surface area (Å²) in [6, 6.07) is 20.1. The summed E-state index contributed by atoms with van der Waals surface area (Å²) in [5.74, 6) is 2.53. The molecular weight excluding hydrogens is 424 g/mol. The Morgan fingerprint density at radius 2 is 1.68 bits per heavy atom. The number of ether oxygens (including phenoxy) is 1. The fourth-order valence-electron chi connectivity index (χ4n) is 4.73. The van der Waals surface area contributed by atoms with Crippen LogP contribution in [0.25, 0.3) is 11.4 Å². The van der Waals surface area contributed by atoms with Crippen molar-refractivity contribution in [1.82, 2.24) is 14.9 Å². The number of hydrogen-bond acceptors (Lipinski definition) is 5. The van der Waals surface area contributed by atoms with Crippen molar-refractivity contribution in [2.24, 2.45) is 5.92 Å². The van der Waals surface area contributed by atoms with Gasteiger partial charge in [-0.05, 0) is 24.3 Å². The number of aromatic nitrogens is 2. The third kappa shape index (κ3) is 5.12. The highest BCUT2D eigenvalue weighted by Gasteiger charge is 2.29. The monoisotopic (exact) mass is 456 g/mol. The predicted octanol–water partition coefficient (Wildman–Crippen LogP) is 4.48. The number of nitrogens with zero attached hydrogens (tertiary/aromatic N) is 4. The molecule has 0 radical (unpaired) electrons. The van der Waals surface area contributed by atoms with Gasteiger partial charge in [-0.15, -0.1) is 0 Å². The second kappa shape index (κ2) is 10.3. The van der Waals surface area contributed by atoms with Crippen molar-refractivity contribution < 1.29 is 9.53 Å². The molecule has 6 heteroatoms. The molecule has 34 heavy (non-hydrogen) atoms. The number of piperidine rings is 1. The lowest BCUT2D eigenvalue weighted by Gasteiger charge is -2.36. The molecule has 0 saturated carbocycles. The average molecular weight is 457 g/mol. The van der Waals surface area contributed by atoms with Gasteiger partial charge in [0.15, 0.2) is 5.82 Å². The van der Waals surface area contributed by atoms with Crippen LogP contribution in [0.3, 0.4) is 0 Å². The minimum atomic E-state index is 0.0203. The van der Waals surface area contributed by atoms with Gasteiger partial charge in [0.25, 0.3) is 0 Å². The van der Waals surface area contributed by atoms with Crippen molar-refractivity contribution in [1.29, 1.82) is 0 Å². The molecule has 1 amide bonds. The van der Waals surface area contributed by atoms with Crippen LogP contribution in [-0.2, 0) is 29.1 Å². The third-order valence-electron chi connectivity index (χ3n) is 6.84. The van der Waals surface area contributed by atoms with Crippen LogP contribution in [0, 0.1) is 5.92 Å². The zero-order valence-electron chi connectivity index (χ0n) is 19.8. The van der Waals surface area contributed by atoms with Crippen molar-refractivity contribution in [3.05, 3.63) is 77.5 Å². The Morgan fingerprint density at radius 3 is 2.41 bits per heavy atom. The summed E-state index contributed by atoms with van der Waals surface area (Å²) in [7, 11) is 0. The van der Waals surface area contributed by atoms with Gasteiger partial charge in [0.2, 0.25) is 5.91 Å². The van der Waals surface area contributed by atoms with E-state index in [1.165, 1.54) is 0 Å². The highest BCUT2D eigenvalue weighted by Crippen LogP contribution is 2.32. The standard InChI is InChI=1S/C28H32N4O2/c1-21-12-15-31(16-13-21)28-24-18-32(26(33)20-34-19-22-8-4-2-5-9-22)17-14-25(24)29-27(30-28)23-10-6-3-7-11-23/h2-11,21H,12-20H2,1H3. The predicted molar refractivity (Wildman–Crippen MR) is 133 cm³/mol. The Labute approximate surface area is 201 Å². The third-order valence-corrected chi connectivity index (χ3v) is 6.84. The van der Waals surface area contributed by atoms with Crippen LogP contribution in [0.4, 0.5) is 5.82 Å². The summed E-state index contributed by atoms with van der Waals surface area (Å²) in [4.78, 5) is 27.2. The molecule has 0 aliphatic carbocycles. The maximum Gasteiger partial charge on any atom is 0.248 e. The molecule has 2 aliphatic heterocycles. The van der Waals surface area contributed by atoms with E-state index in [-0.39, 0.29) is 12.5 Å². The van der Waals surface area contributed by atoms with E-state index in [1.54, 1.807) is 0 Å². The molecule has 0 spiro atoms. The molecular formula is C28H32N4O2. The Kier molecular flexibility index (Phi) is 6.86. The Balaban J connectivity index is 1.35. The fraction of sp³-hybridized carbons (Fsp3) is 0.393. The number of carbonyl (C=O) groups excluding carboxylic acids is 1. The smallest absolute Gasteiger partial charge is 0.248 e. The molecule has 5 rings (SSSR count). The number of anilines is 1. The van der Waals surface area contributed by atoms with Crippen molar-refractivity contribution in [3.63, 3.8) is 0 Å². The fourth-order valence-corrected chi connectivity index (χ4v) is 4.73. The first-order chi connectivity index (χ1) is 16.7. The normalized spacial score (nSPS) is 16.4. The molecule has 1 aromatic heterocycles. The van der Waals surface area contributed by atoms with Crippen LogP contribution in [0.5, 0.6) is 0 Å². The molecule has 0 unspecified atom stereocenters. The van der Waals surface area contributed by atoms with Crippen LogP contribution in [0.1, 0.15) is 36.6 Å². The molecule has 1 saturated heterocycles. The van der Waals surface area contributed by atoms with Crippen molar-refractivity contribution in [2.45, 2.75) is 39.3 Å². The lowest BCUT2D eigenvalue weighted by atomic mass is 9.98. The number of hydrogen-bond donors (Lipinski definition) is 0. The first-order valence-electron chi connectivity index (χ1n) is 12.3. The largest absolute Gasteiger partial charge is 0.367 e. The zero-order chi connectivity index (χ0) is 23.3. The number of benzene rings is 2. The molecule has 2 aliphatic rings. The first-order valence-corrected chi connectivity index (χ1v) is 12.3. The summed E-state index contributed by atoms with van der Waals surface area (Å²) in [5.41, 5.74) is 4.26. The van der Waals surface area contributed by atoms with Crippen molar-refractivity contribution >= 4 is 11.7 Å². The maximum atomic E-state index is 13.0. The van der Waals surface area contributed by atoms with E-state index in [9.17, 15) is 4.79 Å². The van der Waals surface area contributed by atoms with Gasteiger partial charge in [-0.3, -0.25) is 4.79 Å². The summed E-state index contributed by atoms with van der Waals surface area (Å²) in [6.07, 6.45) is 3.06. The quantitative estimate of drug-likeness (QED) is 0.547. The van der Waals surface area contributed by atoms with Crippen LogP contribution in [0.2, 0.25) is 0 Å². The highest BCUT2D eigenvalue weighted by molar-refractivity contribution is 5.78. The van der Waals surface area contributed by atoms with E-state index in [2.05, 4.69) is 24.0 Å². The van der Waals surface area contributed by atoms with Crippen molar-refractivity contribution in [3.8, 4) is 11.4 Å². The molecule has 0 atom stereocenters. The maximum absolute atomic E-state index is 13.0. The summed E-state index contributed by atoms with van der Waals surface area (Å²) in [6.45, 7) is 6.03. The SMILES string of the molecule is CC1CCN(c2nc(-c3ccccc3)nc3c2CN(C(=O)COCc2ccccc2)CC3)CC1. The van der Waals surface area contributed by atoms with Crippen LogP contribution in [-0.4, -0.2) is 47.0 Å². The van der Waals surface area contributed by atoms with E-state index in [0.29, 0.717) is 19.7 Å². The Hall–Kier alpha value is -3.25. The highest BCUT2D eigenvalue weighted by atomic mass is 16.5. The van der Waals surface area contributed by atoms with E-state index >= 15 is 0 Å². The summed E-state index contributed by atoms with van der Waals surface area (Å²) in [5, 5.41) is 0. The zero-order valence-corrected chi connectivity index (χ0v) is 19.8. The van der Waals surface area contributed by atoms with E-state index in [1.807, 2.05) is 53.4 Å². The summed E-state index contributed by atoms with van der Waals surface area (Å²) >= 11 is 0.